The fraction of sp³-hybridized carbons (Fsp3) is 0.353. The van der Waals surface area contributed by atoms with Gasteiger partial charge in [-0.05, 0) is 37.1 Å². The lowest BCUT2D eigenvalue weighted by molar-refractivity contribution is 0.0755. The summed E-state index contributed by atoms with van der Waals surface area (Å²) in [6.07, 6.45) is 2.58. The molecule has 5 heteroatoms. The van der Waals surface area contributed by atoms with Crippen molar-refractivity contribution in [3.8, 4) is 0 Å². The Labute approximate surface area is 134 Å². The van der Waals surface area contributed by atoms with E-state index in [1.54, 1.807) is 18.0 Å². The third-order valence-corrected chi connectivity index (χ3v) is 5.05. The summed E-state index contributed by atoms with van der Waals surface area (Å²) in [4.78, 5) is 15.6. The summed E-state index contributed by atoms with van der Waals surface area (Å²) in [6, 6.07) is 12.1. The lowest BCUT2D eigenvalue weighted by Crippen LogP contribution is -2.30. The highest BCUT2D eigenvalue weighted by Crippen LogP contribution is 2.26. The molecule has 4 nitrogen and oxygen atoms in total. The summed E-state index contributed by atoms with van der Waals surface area (Å²) in [6.45, 7) is 2.15. The number of hydrogen-bond donors (Lipinski definition) is 1. The number of benzene rings is 1. The first kappa shape index (κ1) is 15.2. The van der Waals surface area contributed by atoms with E-state index in [9.17, 15) is 4.79 Å². The second-order valence-electron chi connectivity index (χ2n) is 5.52. The SMILES string of the molecule is NCC1CCN(C(=O)c2occc2CSc2ccccc2)C1. The van der Waals surface area contributed by atoms with E-state index in [2.05, 4.69) is 12.1 Å². The molecule has 1 atom stereocenters. The molecule has 0 spiro atoms. The standard InChI is InChI=1S/C17H20N2O2S/c18-10-13-6-8-19(11-13)17(20)16-14(7-9-21-16)12-22-15-4-2-1-3-5-15/h1-5,7,9,13H,6,8,10-12,18H2. The van der Waals surface area contributed by atoms with Crippen LogP contribution in [-0.4, -0.2) is 30.4 Å². The van der Waals surface area contributed by atoms with E-state index < -0.39 is 0 Å². The fourth-order valence-electron chi connectivity index (χ4n) is 2.67. The monoisotopic (exact) mass is 316 g/mol. The molecule has 0 aliphatic carbocycles. The number of amides is 1. The van der Waals surface area contributed by atoms with Gasteiger partial charge in [0.1, 0.15) is 0 Å². The maximum atomic E-state index is 12.6. The van der Waals surface area contributed by atoms with Crippen LogP contribution in [0.4, 0.5) is 0 Å². The van der Waals surface area contributed by atoms with E-state index in [0.717, 1.165) is 30.8 Å². The van der Waals surface area contributed by atoms with Crippen LogP contribution >= 0.6 is 11.8 Å². The molecule has 22 heavy (non-hydrogen) atoms. The Bertz CT molecular complexity index is 627. The molecule has 0 radical (unpaired) electrons. The van der Waals surface area contributed by atoms with Gasteiger partial charge in [-0.1, -0.05) is 18.2 Å². The molecule has 3 rings (SSSR count). The highest BCUT2D eigenvalue weighted by atomic mass is 32.2. The van der Waals surface area contributed by atoms with Crippen LogP contribution in [0.25, 0.3) is 0 Å². The summed E-state index contributed by atoms with van der Waals surface area (Å²) in [7, 11) is 0. The van der Waals surface area contributed by atoms with Crippen LogP contribution in [0, 0.1) is 5.92 Å². The number of hydrogen-bond acceptors (Lipinski definition) is 4. The zero-order valence-electron chi connectivity index (χ0n) is 12.4. The molecule has 0 saturated carbocycles. The van der Waals surface area contributed by atoms with Gasteiger partial charge in [0.25, 0.3) is 5.91 Å². The lowest BCUT2D eigenvalue weighted by Gasteiger charge is -2.15. The molecule has 1 aliphatic rings. The molecule has 1 amide bonds. The van der Waals surface area contributed by atoms with Gasteiger partial charge < -0.3 is 15.1 Å². The number of carbonyl (C=O) groups excluding carboxylic acids is 1. The van der Waals surface area contributed by atoms with Gasteiger partial charge in [-0.3, -0.25) is 4.79 Å². The summed E-state index contributed by atoms with van der Waals surface area (Å²) in [5.74, 6) is 1.61. The Kier molecular flexibility index (Phi) is 4.85. The van der Waals surface area contributed by atoms with Crippen LogP contribution in [0.2, 0.25) is 0 Å². The fourth-order valence-corrected chi connectivity index (χ4v) is 3.57. The molecule has 1 fully saturated rings. The molecule has 2 aromatic rings. The van der Waals surface area contributed by atoms with E-state index in [-0.39, 0.29) is 5.91 Å². The number of thioether (sulfide) groups is 1. The molecular weight excluding hydrogens is 296 g/mol. The minimum Gasteiger partial charge on any atom is -0.459 e. The van der Waals surface area contributed by atoms with Crippen molar-refractivity contribution in [2.75, 3.05) is 19.6 Å². The van der Waals surface area contributed by atoms with Gasteiger partial charge in [0, 0.05) is 29.3 Å². The maximum absolute atomic E-state index is 12.6. The molecule has 116 valence electrons. The number of carbonyl (C=O) groups is 1. The average Bonchev–Trinajstić information content (AvgIpc) is 3.22. The van der Waals surface area contributed by atoms with Gasteiger partial charge in [0.15, 0.2) is 5.76 Å². The predicted octanol–water partition coefficient (Wildman–Crippen LogP) is 2.99. The van der Waals surface area contributed by atoms with Gasteiger partial charge in [0.2, 0.25) is 0 Å². The Hall–Kier alpha value is -1.72. The number of nitrogens with two attached hydrogens (primary N) is 1. The second-order valence-corrected chi connectivity index (χ2v) is 6.57. The molecule has 1 saturated heterocycles. The highest BCUT2D eigenvalue weighted by Gasteiger charge is 2.29. The van der Waals surface area contributed by atoms with Crippen molar-refractivity contribution in [2.24, 2.45) is 11.7 Å². The van der Waals surface area contributed by atoms with Crippen molar-refractivity contribution < 1.29 is 9.21 Å². The Morgan fingerprint density at radius 2 is 2.14 bits per heavy atom. The van der Waals surface area contributed by atoms with E-state index in [0.29, 0.717) is 18.2 Å². The number of furan rings is 1. The van der Waals surface area contributed by atoms with Crippen LogP contribution in [0.15, 0.2) is 52.0 Å². The molecule has 2 N–H and O–H groups in total. The van der Waals surface area contributed by atoms with Gasteiger partial charge >= 0.3 is 0 Å². The predicted molar refractivity (Wildman–Crippen MR) is 87.8 cm³/mol. The molecule has 1 aliphatic heterocycles. The molecule has 1 unspecified atom stereocenters. The third-order valence-electron chi connectivity index (χ3n) is 3.98. The minimum atomic E-state index is -0.00962. The van der Waals surface area contributed by atoms with Crippen LogP contribution in [0.5, 0.6) is 0 Å². The van der Waals surface area contributed by atoms with Crippen LogP contribution in [0.1, 0.15) is 22.5 Å². The quantitative estimate of drug-likeness (QED) is 0.862. The average molecular weight is 316 g/mol. The molecule has 2 heterocycles. The van der Waals surface area contributed by atoms with E-state index in [1.807, 2.05) is 29.2 Å². The Morgan fingerprint density at radius 1 is 1.32 bits per heavy atom. The van der Waals surface area contributed by atoms with Gasteiger partial charge in [0.05, 0.1) is 6.26 Å². The van der Waals surface area contributed by atoms with Crippen LogP contribution in [0.3, 0.4) is 0 Å². The van der Waals surface area contributed by atoms with Crippen molar-refractivity contribution in [2.45, 2.75) is 17.1 Å². The molecule has 1 aromatic heterocycles. The molecule has 1 aromatic carbocycles. The first-order valence-electron chi connectivity index (χ1n) is 7.51. The van der Waals surface area contributed by atoms with Crippen molar-refractivity contribution in [3.05, 3.63) is 54.0 Å². The van der Waals surface area contributed by atoms with Crippen LogP contribution < -0.4 is 5.73 Å². The Balaban J connectivity index is 1.65. The van der Waals surface area contributed by atoms with Gasteiger partial charge in [-0.2, -0.15) is 0 Å². The first-order valence-corrected chi connectivity index (χ1v) is 8.50. The van der Waals surface area contributed by atoms with Crippen molar-refractivity contribution in [1.29, 1.82) is 0 Å². The minimum absolute atomic E-state index is 0.00962. The zero-order chi connectivity index (χ0) is 15.4. The van der Waals surface area contributed by atoms with Crippen molar-refractivity contribution in [3.63, 3.8) is 0 Å². The van der Waals surface area contributed by atoms with E-state index >= 15 is 0 Å². The second kappa shape index (κ2) is 7.03. The summed E-state index contributed by atoms with van der Waals surface area (Å²) in [5.41, 5.74) is 6.65. The first-order chi connectivity index (χ1) is 10.8. The largest absolute Gasteiger partial charge is 0.459 e. The van der Waals surface area contributed by atoms with E-state index in [1.165, 1.54) is 4.90 Å². The molecular formula is C17H20N2O2S. The third kappa shape index (κ3) is 3.36. The zero-order valence-corrected chi connectivity index (χ0v) is 13.2. The summed E-state index contributed by atoms with van der Waals surface area (Å²) >= 11 is 1.71. The van der Waals surface area contributed by atoms with Gasteiger partial charge in [-0.25, -0.2) is 0 Å². The normalized spacial score (nSPS) is 17.9. The Morgan fingerprint density at radius 3 is 2.86 bits per heavy atom. The molecule has 0 bridgehead atoms. The van der Waals surface area contributed by atoms with Crippen molar-refractivity contribution in [1.82, 2.24) is 4.90 Å². The summed E-state index contributed by atoms with van der Waals surface area (Å²) < 4.78 is 5.46. The van der Waals surface area contributed by atoms with Gasteiger partial charge in [-0.15, -0.1) is 11.8 Å². The number of rotatable bonds is 5. The highest BCUT2D eigenvalue weighted by molar-refractivity contribution is 7.98. The maximum Gasteiger partial charge on any atom is 0.289 e. The smallest absolute Gasteiger partial charge is 0.289 e. The topological polar surface area (TPSA) is 59.5 Å². The summed E-state index contributed by atoms with van der Waals surface area (Å²) in [5, 5.41) is 0. The lowest BCUT2D eigenvalue weighted by atomic mass is 10.1. The number of likely N-dealkylation sites (tertiary alicyclic amines) is 1. The van der Waals surface area contributed by atoms with Crippen molar-refractivity contribution >= 4 is 17.7 Å². The van der Waals surface area contributed by atoms with E-state index in [4.69, 9.17) is 10.2 Å². The van der Waals surface area contributed by atoms with Crippen LogP contribution in [-0.2, 0) is 5.75 Å². The number of nitrogens with zero attached hydrogens (tertiary/aromatic N) is 1.